The second kappa shape index (κ2) is 6.40. The van der Waals surface area contributed by atoms with Crippen molar-refractivity contribution in [3.63, 3.8) is 0 Å². The topological polar surface area (TPSA) is 60.7 Å². The molecule has 0 radical (unpaired) electrons. The fourth-order valence-corrected chi connectivity index (χ4v) is 5.06. The van der Waals surface area contributed by atoms with Crippen LogP contribution in [0.2, 0.25) is 10.0 Å². The summed E-state index contributed by atoms with van der Waals surface area (Å²) >= 11 is 13.5. The van der Waals surface area contributed by atoms with E-state index < -0.39 is 10.0 Å². The molecular weight excluding hydrogens is 391 g/mol. The summed E-state index contributed by atoms with van der Waals surface area (Å²) in [4.78, 5) is 0.369. The van der Waals surface area contributed by atoms with Gasteiger partial charge in [-0.05, 0) is 36.4 Å². The first kappa shape index (κ1) is 17.3. The number of rotatable bonds is 3. The molecule has 1 heterocycles. The highest BCUT2D eigenvalue weighted by atomic mass is 35.5. The normalized spacial score (nSPS) is 12.8. The van der Waals surface area contributed by atoms with Crippen molar-refractivity contribution < 1.29 is 13.2 Å². The molecule has 24 heavy (non-hydrogen) atoms. The van der Waals surface area contributed by atoms with E-state index in [2.05, 4.69) is 4.40 Å². The number of methoxy groups -OCH3 is 1. The zero-order chi connectivity index (χ0) is 17.5. The molecule has 126 valence electrons. The minimum atomic E-state index is -3.86. The quantitative estimate of drug-likeness (QED) is 0.668. The fraction of sp³-hybridized carbons (Fsp3) is 0.133. The minimum absolute atomic E-state index is 0.0814. The van der Waals surface area contributed by atoms with E-state index in [4.69, 9.17) is 27.9 Å². The second-order valence-corrected chi connectivity index (χ2v) is 8.29. The van der Waals surface area contributed by atoms with Crippen LogP contribution in [0.3, 0.4) is 0 Å². The van der Waals surface area contributed by atoms with Gasteiger partial charge in [0.25, 0.3) is 10.0 Å². The van der Waals surface area contributed by atoms with Gasteiger partial charge in [0, 0.05) is 7.05 Å². The molecule has 3 rings (SSSR count). The Kier molecular flexibility index (Phi) is 4.61. The molecule has 0 saturated heterocycles. The number of ether oxygens (including phenoxy) is 1. The molecule has 0 bridgehead atoms. The number of sulfonamides is 1. The van der Waals surface area contributed by atoms with Gasteiger partial charge in [-0.1, -0.05) is 34.5 Å². The average Bonchev–Trinajstić information content (AvgIpc) is 2.88. The van der Waals surface area contributed by atoms with Gasteiger partial charge in [-0.25, -0.2) is 0 Å². The SMILES string of the molecule is COc1ccc(S(=O)(=O)/N=c2\sc3c(Cl)ccc(Cl)c3n2C)cc1. The van der Waals surface area contributed by atoms with Crippen LogP contribution in [0, 0.1) is 0 Å². The van der Waals surface area contributed by atoms with Crippen LogP contribution in [0.5, 0.6) is 5.75 Å². The lowest BCUT2D eigenvalue weighted by Crippen LogP contribution is -2.13. The van der Waals surface area contributed by atoms with Crippen LogP contribution in [0.15, 0.2) is 45.7 Å². The molecule has 0 spiro atoms. The van der Waals surface area contributed by atoms with Gasteiger partial charge >= 0.3 is 0 Å². The first-order valence-corrected chi connectivity index (χ1v) is 9.73. The van der Waals surface area contributed by atoms with E-state index in [1.54, 1.807) is 35.9 Å². The molecule has 5 nitrogen and oxygen atoms in total. The number of aryl methyl sites for hydroxylation is 1. The summed E-state index contributed by atoms with van der Waals surface area (Å²) in [7, 11) is -0.651. The lowest BCUT2D eigenvalue weighted by Gasteiger charge is -2.02. The van der Waals surface area contributed by atoms with Gasteiger partial charge < -0.3 is 9.30 Å². The number of nitrogens with zero attached hydrogens (tertiary/aromatic N) is 2. The van der Waals surface area contributed by atoms with E-state index in [0.717, 1.165) is 0 Å². The highest BCUT2D eigenvalue weighted by Gasteiger charge is 2.16. The number of thiazole rings is 1. The van der Waals surface area contributed by atoms with E-state index in [-0.39, 0.29) is 9.70 Å². The molecular formula is C15H12Cl2N2O3S2. The third kappa shape index (κ3) is 3.04. The molecule has 2 aromatic carbocycles. The van der Waals surface area contributed by atoms with Crippen molar-refractivity contribution in [1.29, 1.82) is 0 Å². The van der Waals surface area contributed by atoms with E-state index in [1.165, 1.54) is 30.6 Å². The fourth-order valence-electron chi connectivity index (χ4n) is 2.17. The molecule has 0 aliphatic carbocycles. The van der Waals surface area contributed by atoms with Crippen LogP contribution in [0.25, 0.3) is 10.2 Å². The third-order valence-electron chi connectivity index (χ3n) is 3.41. The predicted octanol–water partition coefficient (Wildman–Crippen LogP) is 3.84. The van der Waals surface area contributed by atoms with Crippen molar-refractivity contribution >= 4 is 54.8 Å². The predicted molar refractivity (Wildman–Crippen MR) is 96.6 cm³/mol. The van der Waals surface area contributed by atoms with E-state index in [0.29, 0.717) is 26.0 Å². The largest absolute Gasteiger partial charge is 0.497 e. The maximum atomic E-state index is 12.5. The van der Waals surface area contributed by atoms with Crippen LogP contribution in [-0.4, -0.2) is 20.1 Å². The van der Waals surface area contributed by atoms with Crippen molar-refractivity contribution in [3.8, 4) is 5.75 Å². The zero-order valence-corrected chi connectivity index (χ0v) is 15.8. The van der Waals surface area contributed by atoms with Gasteiger partial charge in [0.05, 0.1) is 32.3 Å². The van der Waals surface area contributed by atoms with Gasteiger partial charge in [-0.15, -0.1) is 4.40 Å². The molecule has 0 N–H and O–H groups in total. The number of hydrogen-bond acceptors (Lipinski definition) is 4. The summed E-state index contributed by atoms with van der Waals surface area (Å²) in [6, 6.07) is 9.38. The Morgan fingerprint density at radius 1 is 1.08 bits per heavy atom. The Morgan fingerprint density at radius 2 is 1.71 bits per heavy atom. The summed E-state index contributed by atoms with van der Waals surface area (Å²) < 4.78 is 36.3. The number of hydrogen-bond donors (Lipinski definition) is 0. The summed E-state index contributed by atoms with van der Waals surface area (Å²) in [5.74, 6) is 0.569. The first-order valence-electron chi connectivity index (χ1n) is 6.72. The molecule has 0 unspecified atom stereocenters. The Labute approximate surface area is 152 Å². The Hall–Kier alpha value is -1.54. The van der Waals surface area contributed by atoms with Crippen molar-refractivity contribution in [2.45, 2.75) is 4.90 Å². The summed E-state index contributed by atoms with van der Waals surface area (Å²) in [5, 5.41) is 0.981. The highest BCUT2D eigenvalue weighted by Crippen LogP contribution is 2.31. The number of fused-ring (bicyclic) bond motifs is 1. The molecule has 0 saturated carbocycles. The number of halogens is 2. The summed E-state index contributed by atoms with van der Waals surface area (Å²) in [6.07, 6.45) is 0. The summed E-state index contributed by atoms with van der Waals surface area (Å²) in [5.41, 5.74) is 0.651. The molecule has 0 aliphatic heterocycles. The van der Waals surface area contributed by atoms with Crippen molar-refractivity contribution in [2.24, 2.45) is 11.4 Å². The number of aromatic nitrogens is 1. The van der Waals surface area contributed by atoms with Crippen molar-refractivity contribution in [3.05, 3.63) is 51.2 Å². The summed E-state index contributed by atoms with van der Waals surface area (Å²) in [6.45, 7) is 0. The molecule has 0 atom stereocenters. The van der Waals surface area contributed by atoms with E-state index in [9.17, 15) is 8.42 Å². The second-order valence-electron chi connectivity index (χ2n) is 4.89. The smallest absolute Gasteiger partial charge is 0.285 e. The zero-order valence-electron chi connectivity index (χ0n) is 12.7. The number of benzene rings is 2. The van der Waals surface area contributed by atoms with Crippen LogP contribution in [-0.2, 0) is 17.1 Å². The Balaban J connectivity index is 2.20. The van der Waals surface area contributed by atoms with Crippen LogP contribution < -0.4 is 9.54 Å². The molecule has 3 aromatic rings. The molecule has 0 amide bonds. The first-order chi connectivity index (χ1) is 11.3. The van der Waals surface area contributed by atoms with E-state index in [1.807, 2.05) is 0 Å². The molecule has 1 aromatic heterocycles. The third-order valence-corrected chi connectivity index (χ3v) is 6.70. The van der Waals surface area contributed by atoms with Crippen molar-refractivity contribution in [2.75, 3.05) is 7.11 Å². The molecule has 9 heteroatoms. The van der Waals surface area contributed by atoms with Crippen LogP contribution in [0.4, 0.5) is 0 Å². The van der Waals surface area contributed by atoms with Crippen LogP contribution >= 0.6 is 34.5 Å². The minimum Gasteiger partial charge on any atom is -0.497 e. The van der Waals surface area contributed by atoms with Crippen LogP contribution in [0.1, 0.15) is 0 Å². The van der Waals surface area contributed by atoms with Crippen molar-refractivity contribution in [1.82, 2.24) is 4.57 Å². The van der Waals surface area contributed by atoms with Gasteiger partial charge in [0.15, 0.2) is 0 Å². The van der Waals surface area contributed by atoms with Gasteiger partial charge in [-0.2, -0.15) is 8.42 Å². The monoisotopic (exact) mass is 402 g/mol. The average molecular weight is 403 g/mol. The Bertz CT molecular complexity index is 1080. The maximum absolute atomic E-state index is 12.5. The van der Waals surface area contributed by atoms with Gasteiger partial charge in [0.1, 0.15) is 5.75 Å². The van der Waals surface area contributed by atoms with Gasteiger partial charge in [0.2, 0.25) is 4.80 Å². The maximum Gasteiger partial charge on any atom is 0.285 e. The van der Waals surface area contributed by atoms with Gasteiger partial charge in [-0.3, -0.25) is 0 Å². The standard InChI is InChI=1S/C15H12Cl2N2O3S2/c1-19-13-11(16)7-8-12(17)14(13)23-15(19)18-24(20,21)10-5-3-9(22-2)4-6-10/h3-8H,1-2H3/b18-15-. The highest BCUT2D eigenvalue weighted by molar-refractivity contribution is 7.90. The molecule has 0 fully saturated rings. The Morgan fingerprint density at radius 3 is 2.29 bits per heavy atom. The lowest BCUT2D eigenvalue weighted by atomic mass is 10.3. The lowest BCUT2D eigenvalue weighted by molar-refractivity contribution is 0.414. The molecule has 0 aliphatic rings. The van der Waals surface area contributed by atoms with E-state index >= 15 is 0 Å².